The number of ether oxygens (including phenoxy) is 1. The summed E-state index contributed by atoms with van der Waals surface area (Å²) in [6.07, 6.45) is 6.45. The van der Waals surface area contributed by atoms with Crippen LogP contribution in [0.1, 0.15) is 53.9 Å². The average molecular weight is 394 g/mol. The molecule has 0 aliphatic heterocycles. The zero-order valence-electron chi connectivity index (χ0n) is 15.3. The standard InChI is InChI=1S/C19H24ClN3O2S/c1-4-12-6-14(5-11(12)2)23-19-15(8-21-10-22-19)17(24)16-7-13(9-25-3)18(20)26-16/h7-8,10-12,14H,4-6,9H2,1-3H3,(H,21,22,23)/t11-,12-,14-/m0/s1. The topological polar surface area (TPSA) is 64.1 Å². The van der Waals surface area contributed by atoms with Crippen molar-refractivity contribution in [1.29, 1.82) is 0 Å². The van der Waals surface area contributed by atoms with E-state index in [0.717, 1.165) is 24.3 Å². The molecule has 140 valence electrons. The van der Waals surface area contributed by atoms with Gasteiger partial charge in [-0.15, -0.1) is 11.3 Å². The molecule has 1 aliphatic rings. The van der Waals surface area contributed by atoms with Gasteiger partial charge in [-0.05, 0) is 30.7 Å². The molecule has 0 radical (unpaired) electrons. The van der Waals surface area contributed by atoms with Gasteiger partial charge in [-0.2, -0.15) is 0 Å². The Morgan fingerprint density at radius 1 is 1.46 bits per heavy atom. The van der Waals surface area contributed by atoms with Crippen molar-refractivity contribution in [2.75, 3.05) is 12.4 Å². The van der Waals surface area contributed by atoms with Crippen molar-refractivity contribution in [2.45, 2.75) is 45.8 Å². The molecule has 3 atom stereocenters. The largest absolute Gasteiger partial charge is 0.380 e. The van der Waals surface area contributed by atoms with Gasteiger partial charge >= 0.3 is 0 Å². The summed E-state index contributed by atoms with van der Waals surface area (Å²) in [6, 6.07) is 2.13. The van der Waals surface area contributed by atoms with Crippen LogP contribution >= 0.6 is 22.9 Å². The van der Waals surface area contributed by atoms with Gasteiger partial charge in [0.05, 0.1) is 21.4 Å². The lowest BCUT2D eigenvalue weighted by atomic mass is 9.96. The molecule has 0 amide bonds. The molecule has 0 bridgehead atoms. The maximum absolute atomic E-state index is 13.0. The van der Waals surface area contributed by atoms with Crippen molar-refractivity contribution >= 4 is 34.5 Å². The van der Waals surface area contributed by atoms with E-state index in [4.69, 9.17) is 16.3 Å². The van der Waals surface area contributed by atoms with Crippen LogP contribution in [-0.2, 0) is 11.3 Å². The molecular formula is C19H24ClN3O2S. The zero-order valence-corrected chi connectivity index (χ0v) is 16.9. The first kappa shape index (κ1) is 19.3. The Kier molecular flexibility index (Phi) is 6.27. The fraction of sp³-hybridized carbons (Fsp3) is 0.526. The van der Waals surface area contributed by atoms with Crippen LogP contribution < -0.4 is 5.32 Å². The minimum Gasteiger partial charge on any atom is -0.380 e. The fourth-order valence-corrected chi connectivity index (χ4v) is 4.94. The van der Waals surface area contributed by atoms with Crippen LogP contribution in [0.3, 0.4) is 0 Å². The Bertz CT molecular complexity index is 780. The number of halogens is 1. The molecule has 0 saturated heterocycles. The van der Waals surface area contributed by atoms with Crippen LogP contribution in [0.5, 0.6) is 0 Å². The number of hydrogen-bond acceptors (Lipinski definition) is 6. The van der Waals surface area contributed by atoms with Gasteiger partial charge < -0.3 is 10.1 Å². The highest BCUT2D eigenvalue weighted by Crippen LogP contribution is 2.36. The van der Waals surface area contributed by atoms with E-state index in [-0.39, 0.29) is 5.78 Å². The van der Waals surface area contributed by atoms with Crippen LogP contribution in [0.15, 0.2) is 18.6 Å². The zero-order chi connectivity index (χ0) is 18.7. The molecule has 5 nitrogen and oxygen atoms in total. The molecule has 0 aromatic carbocycles. The minimum atomic E-state index is -0.111. The number of methoxy groups -OCH3 is 1. The summed E-state index contributed by atoms with van der Waals surface area (Å²) in [7, 11) is 1.61. The number of carbonyl (C=O) groups is 1. The third-order valence-electron chi connectivity index (χ3n) is 5.15. The number of carbonyl (C=O) groups excluding carboxylic acids is 1. The van der Waals surface area contributed by atoms with E-state index in [9.17, 15) is 4.79 Å². The summed E-state index contributed by atoms with van der Waals surface area (Å²) in [6.45, 7) is 4.92. The maximum Gasteiger partial charge on any atom is 0.208 e. The number of ketones is 1. The highest BCUT2D eigenvalue weighted by molar-refractivity contribution is 7.18. The number of nitrogens with one attached hydrogen (secondary N) is 1. The highest BCUT2D eigenvalue weighted by atomic mass is 35.5. The molecule has 0 unspecified atom stereocenters. The molecule has 2 aromatic heterocycles. The van der Waals surface area contributed by atoms with Crippen LogP contribution in [0.2, 0.25) is 4.34 Å². The van der Waals surface area contributed by atoms with Crippen molar-refractivity contribution in [3.05, 3.63) is 38.9 Å². The Morgan fingerprint density at radius 3 is 2.96 bits per heavy atom. The van der Waals surface area contributed by atoms with Crippen molar-refractivity contribution < 1.29 is 9.53 Å². The van der Waals surface area contributed by atoms with Crippen molar-refractivity contribution in [2.24, 2.45) is 11.8 Å². The maximum atomic E-state index is 13.0. The predicted octanol–water partition coefficient (Wildman–Crippen LogP) is 4.81. The second kappa shape index (κ2) is 8.46. The molecule has 2 aromatic rings. The Morgan fingerprint density at radius 2 is 2.27 bits per heavy atom. The Balaban J connectivity index is 1.81. The van der Waals surface area contributed by atoms with Crippen LogP contribution in [0, 0.1) is 11.8 Å². The highest BCUT2D eigenvalue weighted by Gasteiger charge is 2.31. The summed E-state index contributed by atoms with van der Waals surface area (Å²) in [5, 5.41) is 3.48. The molecular weight excluding hydrogens is 370 g/mol. The van der Waals surface area contributed by atoms with E-state index < -0.39 is 0 Å². The molecule has 0 spiro atoms. The number of rotatable bonds is 7. The SMILES string of the molecule is CC[C@H]1C[C@@H](Nc2ncncc2C(=O)c2cc(COC)c(Cl)s2)C[C@@H]1C. The monoisotopic (exact) mass is 393 g/mol. The van der Waals surface area contributed by atoms with Crippen LogP contribution in [-0.4, -0.2) is 28.9 Å². The molecule has 1 aliphatic carbocycles. The van der Waals surface area contributed by atoms with Gasteiger partial charge in [0.15, 0.2) is 0 Å². The first-order valence-electron chi connectivity index (χ1n) is 8.91. The molecule has 1 fully saturated rings. The van der Waals surface area contributed by atoms with E-state index in [1.807, 2.05) is 0 Å². The Labute approximate surface area is 163 Å². The van der Waals surface area contributed by atoms with Gasteiger partial charge in [0.25, 0.3) is 0 Å². The number of aromatic nitrogens is 2. The van der Waals surface area contributed by atoms with E-state index >= 15 is 0 Å². The van der Waals surface area contributed by atoms with Gasteiger partial charge in [-0.3, -0.25) is 4.79 Å². The van der Waals surface area contributed by atoms with E-state index in [0.29, 0.717) is 39.2 Å². The lowest BCUT2D eigenvalue weighted by molar-refractivity contribution is 0.104. The second-order valence-electron chi connectivity index (χ2n) is 6.92. The first-order valence-corrected chi connectivity index (χ1v) is 10.1. The third-order valence-corrected chi connectivity index (χ3v) is 6.59. The molecule has 1 N–H and O–H groups in total. The number of anilines is 1. The van der Waals surface area contributed by atoms with Crippen LogP contribution in [0.4, 0.5) is 5.82 Å². The minimum absolute atomic E-state index is 0.111. The van der Waals surface area contributed by atoms with E-state index in [1.165, 1.54) is 24.1 Å². The molecule has 1 saturated carbocycles. The summed E-state index contributed by atoms with van der Waals surface area (Å²) in [5.74, 6) is 1.91. The van der Waals surface area contributed by atoms with Gasteiger partial charge in [0.1, 0.15) is 12.1 Å². The number of nitrogens with zero attached hydrogens (tertiary/aromatic N) is 2. The second-order valence-corrected chi connectivity index (χ2v) is 8.57. The summed E-state index contributed by atoms with van der Waals surface area (Å²) >= 11 is 7.49. The predicted molar refractivity (Wildman–Crippen MR) is 105 cm³/mol. The summed E-state index contributed by atoms with van der Waals surface area (Å²) < 4.78 is 5.70. The van der Waals surface area contributed by atoms with Gasteiger partial charge in [0, 0.05) is 24.9 Å². The molecule has 3 rings (SSSR count). The lowest BCUT2D eigenvalue weighted by Gasteiger charge is -2.15. The number of thiophene rings is 1. The van der Waals surface area contributed by atoms with Gasteiger partial charge in [0.2, 0.25) is 5.78 Å². The summed E-state index contributed by atoms with van der Waals surface area (Å²) in [4.78, 5) is 21.9. The normalized spacial score (nSPS) is 22.5. The lowest BCUT2D eigenvalue weighted by Crippen LogP contribution is -2.19. The smallest absolute Gasteiger partial charge is 0.208 e. The van der Waals surface area contributed by atoms with E-state index in [2.05, 4.69) is 29.1 Å². The molecule has 26 heavy (non-hydrogen) atoms. The third kappa shape index (κ3) is 4.08. The summed E-state index contributed by atoms with van der Waals surface area (Å²) in [5.41, 5.74) is 1.31. The Hall–Kier alpha value is -1.50. The van der Waals surface area contributed by atoms with Crippen LogP contribution in [0.25, 0.3) is 0 Å². The molecule has 7 heteroatoms. The first-order chi connectivity index (χ1) is 12.5. The molecule has 2 heterocycles. The van der Waals surface area contributed by atoms with Gasteiger partial charge in [-0.1, -0.05) is 31.9 Å². The quantitative estimate of drug-likeness (QED) is 0.684. The van der Waals surface area contributed by atoms with Crippen molar-refractivity contribution in [3.63, 3.8) is 0 Å². The average Bonchev–Trinajstić information content (AvgIpc) is 3.17. The fourth-order valence-electron chi connectivity index (χ4n) is 3.73. The van der Waals surface area contributed by atoms with Gasteiger partial charge in [-0.25, -0.2) is 9.97 Å². The van der Waals surface area contributed by atoms with E-state index in [1.54, 1.807) is 19.4 Å². The van der Waals surface area contributed by atoms with Crippen molar-refractivity contribution in [3.8, 4) is 0 Å². The number of hydrogen-bond donors (Lipinski definition) is 1. The van der Waals surface area contributed by atoms with Crippen molar-refractivity contribution in [1.82, 2.24) is 9.97 Å².